The Balaban J connectivity index is 2.28. The van der Waals surface area contributed by atoms with E-state index in [2.05, 4.69) is 20.7 Å². The van der Waals surface area contributed by atoms with E-state index in [1.807, 2.05) is 38.1 Å². The van der Waals surface area contributed by atoms with Gasteiger partial charge < -0.3 is 5.73 Å². The number of hydrazone groups is 1. The number of anilines is 1. The zero-order valence-corrected chi connectivity index (χ0v) is 13.0. The topological polar surface area (TPSA) is 127 Å². The molecule has 0 saturated heterocycles. The number of aromatic amines is 1. The third-order valence-corrected chi connectivity index (χ3v) is 4.19. The zero-order valence-electron chi connectivity index (χ0n) is 12.1. The van der Waals surface area contributed by atoms with Crippen LogP contribution in [-0.2, 0) is 0 Å². The Morgan fingerprint density at radius 3 is 2.77 bits per heavy atom. The fourth-order valence-corrected chi connectivity index (χ4v) is 2.69. The first-order chi connectivity index (χ1) is 10.5. The molecule has 5 N–H and O–H groups in total. The zero-order chi connectivity index (χ0) is 16.1. The number of benzene rings is 1. The van der Waals surface area contributed by atoms with E-state index in [0.29, 0.717) is 0 Å². The Kier molecular flexibility index (Phi) is 4.80. The largest absolute Gasteiger partial charge is 0.382 e. The molecule has 0 aliphatic heterocycles. The molecule has 0 amide bonds. The van der Waals surface area contributed by atoms with E-state index in [0.717, 1.165) is 26.9 Å². The maximum Gasteiger partial charge on any atom is 0.201 e. The predicted molar refractivity (Wildman–Crippen MR) is 87.2 cm³/mol. The Morgan fingerprint density at radius 2 is 2.18 bits per heavy atom. The summed E-state index contributed by atoms with van der Waals surface area (Å²) in [5.74, 6) is -0.373. The van der Waals surface area contributed by atoms with Gasteiger partial charge in [0.05, 0.1) is 16.3 Å². The van der Waals surface area contributed by atoms with Crippen molar-refractivity contribution in [3.8, 4) is 6.07 Å². The van der Waals surface area contributed by atoms with Crippen LogP contribution in [0.3, 0.4) is 0 Å². The summed E-state index contributed by atoms with van der Waals surface area (Å²) >= 11 is 1.55. The lowest BCUT2D eigenvalue weighted by Gasteiger charge is -2.08. The average Bonchev–Trinajstić information content (AvgIpc) is 2.81. The molecule has 1 aromatic carbocycles. The molecule has 0 aliphatic rings. The summed E-state index contributed by atoms with van der Waals surface area (Å²) in [4.78, 5) is 1.98. The van der Waals surface area contributed by atoms with Gasteiger partial charge in [0.2, 0.25) is 5.71 Å². The van der Waals surface area contributed by atoms with E-state index in [4.69, 9.17) is 16.4 Å². The Bertz CT molecular complexity index is 750. The summed E-state index contributed by atoms with van der Waals surface area (Å²) in [6, 6.07) is 9.32. The number of nitrogens with two attached hydrogens (primary N) is 1. The Hall–Kier alpha value is -2.79. The smallest absolute Gasteiger partial charge is 0.201 e. The van der Waals surface area contributed by atoms with Gasteiger partial charge in [-0.25, -0.2) is 0 Å². The van der Waals surface area contributed by atoms with Crippen LogP contribution in [0.4, 0.5) is 5.69 Å². The van der Waals surface area contributed by atoms with Crippen LogP contribution in [0.5, 0.6) is 0 Å². The van der Waals surface area contributed by atoms with Gasteiger partial charge in [-0.15, -0.1) is 0 Å². The maximum atomic E-state index is 8.86. The average molecular weight is 313 g/mol. The molecule has 2 rings (SSSR count). The van der Waals surface area contributed by atoms with Crippen molar-refractivity contribution in [3.63, 3.8) is 0 Å². The second-order valence-corrected chi connectivity index (χ2v) is 5.51. The molecule has 1 heterocycles. The first kappa shape index (κ1) is 15.6. The molecule has 2 aromatic rings. The normalized spacial score (nSPS) is 11.0. The van der Waals surface area contributed by atoms with Gasteiger partial charge in [-0.05, 0) is 26.0 Å². The maximum absolute atomic E-state index is 8.86. The number of H-pyrrole nitrogens is 1. The number of amidine groups is 1. The lowest BCUT2D eigenvalue weighted by Crippen LogP contribution is -2.21. The molecule has 7 nitrogen and oxygen atoms in total. The molecule has 0 radical (unpaired) electrons. The van der Waals surface area contributed by atoms with Crippen LogP contribution >= 0.6 is 11.8 Å². The van der Waals surface area contributed by atoms with Crippen LogP contribution in [0.1, 0.15) is 11.4 Å². The number of nitriles is 1. The van der Waals surface area contributed by atoms with Crippen molar-refractivity contribution in [2.24, 2.45) is 10.8 Å². The van der Waals surface area contributed by atoms with Gasteiger partial charge in [0.1, 0.15) is 6.07 Å². The molecule has 0 saturated carbocycles. The number of hydrogen-bond acceptors (Lipinski definition) is 6. The van der Waals surface area contributed by atoms with Crippen molar-refractivity contribution in [1.82, 2.24) is 10.2 Å². The van der Waals surface area contributed by atoms with E-state index in [1.165, 1.54) is 0 Å². The lowest BCUT2D eigenvalue weighted by atomic mass is 10.3. The molecule has 0 bridgehead atoms. The molecular formula is C14H15N7S. The quantitative estimate of drug-likeness (QED) is 0.383. The number of nitrogens with zero attached hydrogens (tertiary/aromatic N) is 3. The number of aryl methyl sites for hydroxylation is 2. The van der Waals surface area contributed by atoms with Crippen LogP contribution in [-0.4, -0.2) is 21.7 Å². The van der Waals surface area contributed by atoms with Gasteiger partial charge >= 0.3 is 0 Å². The van der Waals surface area contributed by atoms with Crippen molar-refractivity contribution < 1.29 is 0 Å². The summed E-state index contributed by atoms with van der Waals surface area (Å²) in [7, 11) is 0. The van der Waals surface area contributed by atoms with Crippen molar-refractivity contribution >= 4 is 29.0 Å². The van der Waals surface area contributed by atoms with Crippen LogP contribution in [0.25, 0.3) is 0 Å². The minimum Gasteiger partial charge on any atom is -0.382 e. The molecule has 0 aliphatic carbocycles. The summed E-state index contributed by atoms with van der Waals surface area (Å²) in [6.45, 7) is 3.89. The highest BCUT2D eigenvalue weighted by Gasteiger charge is 2.11. The van der Waals surface area contributed by atoms with E-state index in [1.54, 1.807) is 17.8 Å². The molecule has 0 unspecified atom stereocenters. The molecular weight excluding hydrogens is 298 g/mol. The van der Waals surface area contributed by atoms with Crippen molar-refractivity contribution in [1.29, 1.82) is 10.7 Å². The van der Waals surface area contributed by atoms with Gasteiger partial charge in [0.25, 0.3) is 0 Å². The Labute approximate surface area is 132 Å². The van der Waals surface area contributed by atoms with Crippen molar-refractivity contribution in [2.75, 3.05) is 5.43 Å². The SMILES string of the molecule is Cc1n[nH]c(C)c1Sc1ccccc1N/N=C(\C#N)C(=N)N. The van der Waals surface area contributed by atoms with E-state index >= 15 is 0 Å². The van der Waals surface area contributed by atoms with Gasteiger partial charge in [-0.2, -0.15) is 15.5 Å². The molecule has 1 aromatic heterocycles. The minimum absolute atomic E-state index is 0.157. The van der Waals surface area contributed by atoms with Crippen LogP contribution in [0.2, 0.25) is 0 Å². The molecule has 8 heteroatoms. The van der Waals surface area contributed by atoms with Gasteiger partial charge in [0.15, 0.2) is 5.84 Å². The lowest BCUT2D eigenvalue weighted by molar-refractivity contribution is 1.02. The third-order valence-electron chi connectivity index (χ3n) is 2.81. The summed E-state index contributed by atoms with van der Waals surface area (Å²) in [5, 5.41) is 27.1. The Morgan fingerprint density at radius 1 is 1.45 bits per heavy atom. The minimum atomic E-state index is -0.373. The van der Waals surface area contributed by atoms with Crippen LogP contribution in [0, 0.1) is 30.6 Å². The predicted octanol–water partition coefficient (Wildman–Crippen LogP) is 2.41. The second-order valence-electron chi connectivity index (χ2n) is 4.46. The number of aromatic nitrogens is 2. The fourth-order valence-electron chi connectivity index (χ4n) is 1.71. The van der Waals surface area contributed by atoms with Crippen molar-refractivity contribution in [2.45, 2.75) is 23.6 Å². The molecule has 0 atom stereocenters. The molecule has 0 spiro atoms. The van der Waals surface area contributed by atoms with Gasteiger partial charge in [-0.1, -0.05) is 23.9 Å². The number of hydrogen-bond donors (Lipinski definition) is 4. The van der Waals surface area contributed by atoms with E-state index in [-0.39, 0.29) is 11.5 Å². The first-order valence-corrected chi connectivity index (χ1v) is 7.21. The summed E-state index contributed by atoms with van der Waals surface area (Å²) in [5.41, 5.74) is 10.5. The number of nitrogens with one attached hydrogen (secondary N) is 3. The molecule has 22 heavy (non-hydrogen) atoms. The van der Waals surface area contributed by atoms with Crippen LogP contribution in [0.15, 0.2) is 39.2 Å². The highest BCUT2D eigenvalue weighted by atomic mass is 32.2. The first-order valence-electron chi connectivity index (χ1n) is 6.39. The standard InChI is InChI=1S/C14H15N7S/c1-8-13(9(2)19-18-8)22-12-6-4-3-5-10(12)20-21-11(7-15)14(16)17/h3-6,20H,1-2H3,(H3,16,17)(H,18,19)/b21-11+. The van der Waals surface area contributed by atoms with Gasteiger partial charge in [-0.3, -0.25) is 15.9 Å². The summed E-state index contributed by atoms with van der Waals surface area (Å²) in [6.07, 6.45) is 0. The van der Waals surface area contributed by atoms with Gasteiger partial charge in [0, 0.05) is 10.6 Å². The van der Waals surface area contributed by atoms with E-state index < -0.39 is 0 Å². The highest BCUT2D eigenvalue weighted by molar-refractivity contribution is 7.99. The fraction of sp³-hybridized carbons (Fsp3) is 0.143. The van der Waals surface area contributed by atoms with E-state index in [9.17, 15) is 0 Å². The highest BCUT2D eigenvalue weighted by Crippen LogP contribution is 2.36. The molecule has 112 valence electrons. The third kappa shape index (κ3) is 3.45. The second kappa shape index (κ2) is 6.78. The summed E-state index contributed by atoms with van der Waals surface area (Å²) < 4.78 is 0. The molecule has 0 fully saturated rings. The monoisotopic (exact) mass is 313 g/mol. The van der Waals surface area contributed by atoms with Crippen molar-refractivity contribution in [3.05, 3.63) is 35.7 Å². The van der Waals surface area contributed by atoms with Crippen LogP contribution < -0.4 is 11.2 Å². The number of rotatable bonds is 5. The number of para-hydroxylation sites is 1.